The van der Waals surface area contributed by atoms with Crippen LogP contribution in [0.1, 0.15) is 30.6 Å². The minimum Gasteiger partial charge on any atom is -0.312 e. The van der Waals surface area contributed by atoms with E-state index in [2.05, 4.69) is 28.2 Å². The van der Waals surface area contributed by atoms with Crippen molar-refractivity contribution in [3.63, 3.8) is 0 Å². The number of aromatic nitrogens is 1. The van der Waals surface area contributed by atoms with Gasteiger partial charge in [0.15, 0.2) is 0 Å². The van der Waals surface area contributed by atoms with Crippen LogP contribution in [-0.2, 0) is 0 Å². The molecule has 0 fully saturated rings. The summed E-state index contributed by atoms with van der Waals surface area (Å²) in [5, 5.41) is 3.23. The first-order chi connectivity index (χ1) is 6.77. The Morgan fingerprint density at radius 1 is 1.50 bits per heavy atom. The van der Waals surface area contributed by atoms with Gasteiger partial charge in [-0.05, 0) is 32.5 Å². The zero-order valence-electron chi connectivity index (χ0n) is 8.96. The Balaban J connectivity index is 2.76. The van der Waals surface area contributed by atoms with Crippen molar-refractivity contribution in [2.75, 3.05) is 7.05 Å². The molecule has 0 amide bonds. The normalized spacial score (nSPS) is 11.6. The highest BCUT2D eigenvalue weighted by atomic mass is 14.9. The molecule has 1 unspecified atom stereocenters. The summed E-state index contributed by atoms with van der Waals surface area (Å²) in [6.07, 6.45) is 2.74. The summed E-state index contributed by atoms with van der Waals surface area (Å²) >= 11 is 0. The van der Waals surface area contributed by atoms with Crippen LogP contribution in [0, 0.1) is 18.8 Å². The van der Waals surface area contributed by atoms with Gasteiger partial charge in [-0.3, -0.25) is 4.98 Å². The summed E-state index contributed by atoms with van der Waals surface area (Å²) in [5.74, 6) is 5.98. The number of pyridine rings is 1. The van der Waals surface area contributed by atoms with Gasteiger partial charge in [0.2, 0.25) is 0 Å². The molecule has 0 aliphatic rings. The maximum atomic E-state index is 4.27. The SMILES string of the molecule is CC#CCC(NC)c1ccc(C)nc1. The van der Waals surface area contributed by atoms with Crippen molar-refractivity contribution in [2.45, 2.75) is 26.3 Å². The molecule has 1 aromatic heterocycles. The number of hydrogen-bond donors (Lipinski definition) is 1. The Morgan fingerprint density at radius 3 is 2.79 bits per heavy atom. The Bertz CT molecular complexity index is 330. The molecule has 74 valence electrons. The van der Waals surface area contributed by atoms with Gasteiger partial charge >= 0.3 is 0 Å². The van der Waals surface area contributed by atoms with Crippen LogP contribution in [0.25, 0.3) is 0 Å². The molecule has 2 nitrogen and oxygen atoms in total. The molecule has 1 atom stereocenters. The van der Waals surface area contributed by atoms with Crippen molar-refractivity contribution >= 4 is 0 Å². The smallest absolute Gasteiger partial charge is 0.0443 e. The summed E-state index contributed by atoms with van der Waals surface area (Å²) in [5.41, 5.74) is 2.24. The number of nitrogens with zero attached hydrogens (tertiary/aromatic N) is 1. The van der Waals surface area contributed by atoms with Crippen LogP contribution in [0.15, 0.2) is 18.3 Å². The Kier molecular flexibility index (Phi) is 4.15. The monoisotopic (exact) mass is 188 g/mol. The highest BCUT2D eigenvalue weighted by Gasteiger charge is 2.06. The molecule has 0 bridgehead atoms. The average Bonchev–Trinajstić information content (AvgIpc) is 2.21. The van der Waals surface area contributed by atoms with Gasteiger partial charge in [0.05, 0.1) is 0 Å². The van der Waals surface area contributed by atoms with E-state index in [4.69, 9.17) is 0 Å². The lowest BCUT2D eigenvalue weighted by atomic mass is 10.1. The minimum atomic E-state index is 0.288. The van der Waals surface area contributed by atoms with E-state index in [1.165, 1.54) is 5.56 Å². The fourth-order valence-electron chi connectivity index (χ4n) is 1.28. The number of nitrogens with one attached hydrogen (secondary N) is 1. The van der Waals surface area contributed by atoms with Gasteiger partial charge in [-0.2, -0.15) is 0 Å². The molecule has 2 heteroatoms. The third-order valence-electron chi connectivity index (χ3n) is 2.17. The van der Waals surface area contributed by atoms with Gasteiger partial charge in [0, 0.05) is 24.4 Å². The lowest BCUT2D eigenvalue weighted by Gasteiger charge is -2.12. The second-order valence-electron chi connectivity index (χ2n) is 3.21. The highest BCUT2D eigenvalue weighted by molar-refractivity contribution is 5.19. The van der Waals surface area contributed by atoms with E-state index in [1.54, 1.807) is 0 Å². The van der Waals surface area contributed by atoms with Gasteiger partial charge in [0.1, 0.15) is 0 Å². The van der Waals surface area contributed by atoms with Crippen molar-refractivity contribution < 1.29 is 0 Å². The molecule has 0 radical (unpaired) electrons. The van der Waals surface area contributed by atoms with Crippen molar-refractivity contribution in [3.05, 3.63) is 29.6 Å². The van der Waals surface area contributed by atoms with E-state index in [0.29, 0.717) is 0 Å². The topological polar surface area (TPSA) is 24.9 Å². The number of rotatable bonds is 3. The lowest BCUT2D eigenvalue weighted by Crippen LogP contribution is -2.15. The van der Waals surface area contributed by atoms with Crippen molar-refractivity contribution in [3.8, 4) is 11.8 Å². The molecule has 1 heterocycles. The van der Waals surface area contributed by atoms with Gasteiger partial charge in [-0.15, -0.1) is 11.8 Å². The summed E-state index contributed by atoms with van der Waals surface area (Å²) in [6, 6.07) is 4.41. The second-order valence-corrected chi connectivity index (χ2v) is 3.21. The molecular weight excluding hydrogens is 172 g/mol. The summed E-state index contributed by atoms with van der Waals surface area (Å²) in [7, 11) is 1.95. The van der Waals surface area contributed by atoms with Crippen molar-refractivity contribution in [2.24, 2.45) is 0 Å². The largest absolute Gasteiger partial charge is 0.312 e. The Hall–Kier alpha value is -1.33. The third-order valence-corrected chi connectivity index (χ3v) is 2.17. The number of aryl methyl sites for hydroxylation is 1. The molecular formula is C12H16N2. The molecule has 0 saturated carbocycles. The van der Waals surface area contributed by atoms with Crippen molar-refractivity contribution in [1.29, 1.82) is 0 Å². The first-order valence-electron chi connectivity index (χ1n) is 4.77. The maximum Gasteiger partial charge on any atom is 0.0443 e. The molecule has 0 aliphatic heterocycles. The van der Waals surface area contributed by atoms with E-state index in [-0.39, 0.29) is 6.04 Å². The van der Waals surface area contributed by atoms with Crippen LogP contribution in [0.4, 0.5) is 0 Å². The van der Waals surface area contributed by atoms with Gasteiger partial charge in [0.25, 0.3) is 0 Å². The van der Waals surface area contributed by atoms with E-state index < -0.39 is 0 Å². The Labute approximate surface area is 85.8 Å². The summed E-state index contributed by atoms with van der Waals surface area (Å²) < 4.78 is 0. The van der Waals surface area contributed by atoms with Crippen LogP contribution < -0.4 is 5.32 Å². The Morgan fingerprint density at radius 2 is 2.29 bits per heavy atom. The van der Waals surface area contributed by atoms with Gasteiger partial charge in [-0.1, -0.05) is 6.07 Å². The molecule has 1 N–H and O–H groups in total. The fourth-order valence-corrected chi connectivity index (χ4v) is 1.28. The summed E-state index contributed by atoms with van der Waals surface area (Å²) in [6.45, 7) is 3.85. The zero-order chi connectivity index (χ0) is 10.4. The predicted octanol–water partition coefficient (Wildman–Crippen LogP) is 2.06. The van der Waals surface area contributed by atoms with E-state index in [9.17, 15) is 0 Å². The molecule has 14 heavy (non-hydrogen) atoms. The second kappa shape index (κ2) is 5.41. The van der Waals surface area contributed by atoms with E-state index >= 15 is 0 Å². The van der Waals surface area contributed by atoms with Crippen LogP contribution in [-0.4, -0.2) is 12.0 Å². The molecule has 0 spiro atoms. The highest BCUT2D eigenvalue weighted by Crippen LogP contribution is 2.14. The van der Waals surface area contributed by atoms with Gasteiger partial charge < -0.3 is 5.32 Å². The maximum absolute atomic E-state index is 4.27. The predicted molar refractivity (Wildman–Crippen MR) is 58.8 cm³/mol. The van der Waals surface area contributed by atoms with E-state index in [1.807, 2.05) is 33.2 Å². The quantitative estimate of drug-likeness (QED) is 0.734. The van der Waals surface area contributed by atoms with Crippen LogP contribution >= 0.6 is 0 Å². The summed E-state index contributed by atoms with van der Waals surface area (Å²) in [4.78, 5) is 4.27. The third kappa shape index (κ3) is 2.86. The van der Waals surface area contributed by atoms with Crippen LogP contribution in [0.3, 0.4) is 0 Å². The molecule has 1 rings (SSSR count). The van der Waals surface area contributed by atoms with E-state index in [0.717, 1.165) is 12.1 Å². The zero-order valence-corrected chi connectivity index (χ0v) is 8.96. The molecule has 0 aromatic carbocycles. The molecule has 1 aromatic rings. The van der Waals surface area contributed by atoms with Gasteiger partial charge in [-0.25, -0.2) is 0 Å². The minimum absolute atomic E-state index is 0.288. The number of hydrogen-bond acceptors (Lipinski definition) is 2. The molecule has 0 aliphatic carbocycles. The van der Waals surface area contributed by atoms with Crippen molar-refractivity contribution in [1.82, 2.24) is 10.3 Å². The fraction of sp³-hybridized carbons (Fsp3) is 0.417. The van der Waals surface area contributed by atoms with Crippen LogP contribution in [0.5, 0.6) is 0 Å². The first kappa shape index (κ1) is 10.7. The first-order valence-corrected chi connectivity index (χ1v) is 4.77. The molecule has 0 saturated heterocycles. The van der Waals surface area contributed by atoms with Crippen LogP contribution in [0.2, 0.25) is 0 Å². The lowest BCUT2D eigenvalue weighted by molar-refractivity contribution is 0.608. The standard InChI is InChI=1S/C12H16N2/c1-4-5-6-12(13-3)11-8-7-10(2)14-9-11/h7-9,12-13H,6H2,1-3H3. The average molecular weight is 188 g/mol.